The molecule has 0 nitrogen and oxygen atoms in total. The van der Waals surface area contributed by atoms with Crippen molar-refractivity contribution in [1.82, 2.24) is 0 Å². The average molecular weight is 240 g/mol. The Labute approximate surface area is 90.2 Å². The van der Waals surface area contributed by atoms with Gasteiger partial charge in [-0.2, -0.15) is 0 Å². The zero-order valence-corrected chi connectivity index (χ0v) is 11.0. The summed E-state index contributed by atoms with van der Waals surface area (Å²) < 4.78 is 0. The molecule has 12 heavy (non-hydrogen) atoms. The molecule has 0 spiro atoms. The molecule has 0 fully saturated rings. The number of benzene rings is 1. The van der Waals surface area contributed by atoms with Crippen LogP contribution in [0.2, 0.25) is 21.1 Å². The minimum absolute atomic E-state index is 0.478. The van der Waals surface area contributed by atoms with Gasteiger partial charge in [0.15, 0.2) is 0 Å². The topological polar surface area (TPSA) is 0 Å². The Morgan fingerprint density at radius 1 is 1.08 bits per heavy atom. The molecule has 1 rings (SSSR count). The van der Waals surface area contributed by atoms with Crippen LogP contribution >= 0.6 is 34.8 Å². The molecule has 1 aromatic rings. The van der Waals surface area contributed by atoms with Gasteiger partial charge < -0.3 is 0 Å². The summed E-state index contributed by atoms with van der Waals surface area (Å²) in [4.78, 5) is 0. The molecule has 0 amide bonds. The summed E-state index contributed by atoms with van der Waals surface area (Å²) in [7, 11) is 1.18. The Bertz CT molecular complexity index is 286. The van der Waals surface area contributed by atoms with Crippen LogP contribution in [0.5, 0.6) is 0 Å². The highest BCUT2D eigenvalue weighted by molar-refractivity contribution is 6.48. The average Bonchev–Trinajstić information content (AvgIpc) is 2.07. The Hall–Kier alpha value is 0.307. The molecule has 0 unspecified atom stereocenters. The first-order chi connectivity index (χ1) is 5.66. The molecule has 0 heterocycles. The second kappa shape index (κ2) is 4.52. The van der Waals surface area contributed by atoms with Gasteiger partial charge in [0, 0.05) is 10.2 Å². The van der Waals surface area contributed by atoms with Crippen molar-refractivity contribution >= 4 is 45.0 Å². The summed E-state index contributed by atoms with van der Waals surface area (Å²) in [5.41, 5.74) is 1.10. The first kappa shape index (κ1) is 10.4. The number of hydrogen-bond donors (Lipinski definition) is 0. The Morgan fingerprint density at radius 3 is 2.33 bits per heavy atom. The van der Waals surface area contributed by atoms with Crippen LogP contribution in [0.1, 0.15) is 5.56 Å². The number of halogens is 3. The van der Waals surface area contributed by atoms with Crippen LogP contribution in [0.4, 0.5) is 0 Å². The quantitative estimate of drug-likeness (QED) is 0.550. The molecule has 4 heteroatoms. The highest BCUT2D eigenvalue weighted by Crippen LogP contribution is 2.32. The number of rotatable bonds is 2. The van der Waals surface area contributed by atoms with Crippen LogP contribution < -0.4 is 0 Å². The van der Waals surface area contributed by atoms with E-state index in [0.29, 0.717) is 15.1 Å². The van der Waals surface area contributed by atoms with E-state index in [1.807, 2.05) is 6.07 Å². The molecule has 1 aromatic carbocycles. The van der Waals surface area contributed by atoms with Crippen molar-refractivity contribution in [2.75, 3.05) is 0 Å². The maximum Gasteiger partial charge on any atom is 0.0781 e. The molecular weight excluding hydrogens is 231 g/mol. The molecule has 0 aromatic heterocycles. The van der Waals surface area contributed by atoms with Gasteiger partial charge in [-0.25, -0.2) is 0 Å². The Morgan fingerprint density at radius 2 is 1.75 bits per heavy atom. The smallest absolute Gasteiger partial charge is 0.0781 e. The molecule has 66 valence electrons. The van der Waals surface area contributed by atoms with Gasteiger partial charge in [-0.3, -0.25) is 0 Å². The lowest BCUT2D eigenvalue weighted by Crippen LogP contribution is -1.86. The van der Waals surface area contributed by atoms with Gasteiger partial charge in [0.2, 0.25) is 0 Å². The van der Waals surface area contributed by atoms with Gasteiger partial charge in [0.25, 0.3) is 0 Å². The SMILES string of the molecule is [SiH3]CCc1ccc(Cl)c(Cl)c1Cl. The van der Waals surface area contributed by atoms with Crippen molar-refractivity contribution in [1.29, 1.82) is 0 Å². The lowest BCUT2D eigenvalue weighted by Gasteiger charge is -2.04. The van der Waals surface area contributed by atoms with Crippen LogP contribution in [0.15, 0.2) is 12.1 Å². The van der Waals surface area contributed by atoms with E-state index in [1.54, 1.807) is 6.07 Å². The van der Waals surface area contributed by atoms with E-state index in [4.69, 9.17) is 34.8 Å². The molecule has 0 radical (unpaired) electrons. The molecule has 0 saturated heterocycles. The van der Waals surface area contributed by atoms with E-state index >= 15 is 0 Å². The van der Waals surface area contributed by atoms with Crippen molar-refractivity contribution < 1.29 is 0 Å². The molecule has 0 aliphatic carbocycles. The van der Waals surface area contributed by atoms with Gasteiger partial charge in [-0.05, 0) is 18.1 Å². The zero-order valence-electron chi connectivity index (χ0n) is 6.70. The predicted molar refractivity (Wildman–Crippen MR) is 59.9 cm³/mol. The van der Waals surface area contributed by atoms with E-state index in [-0.39, 0.29) is 0 Å². The van der Waals surface area contributed by atoms with Crippen molar-refractivity contribution in [3.8, 4) is 0 Å². The maximum absolute atomic E-state index is 5.98. The van der Waals surface area contributed by atoms with Gasteiger partial charge in [-0.15, -0.1) is 0 Å². The number of hydrogen-bond acceptors (Lipinski definition) is 0. The van der Waals surface area contributed by atoms with Gasteiger partial charge >= 0.3 is 0 Å². The monoisotopic (exact) mass is 238 g/mol. The third-order valence-electron chi connectivity index (χ3n) is 1.63. The fourth-order valence-corrected chi connectivity index (χ4v) is 2.22. The summed E-state index contributed by atoms with van der Waals surface area (Å²) in [5.74, 6) is 0. The minimum atomic E-state index is 0.478. The first-order valence-corrected chi connectivity index (χ1v) is 6.34. The van der Waals surface area contributed by atoms with Gasteiger partial charge in [0.1, 0.15) is 0 Å². The van der Waals surface area contributed by atoms with Crippen molar-refractivity contribution in [3.05, 3.63) is 32.8 Å². The van der Waals surface area contributed by atoms with Crippen molar-refractivity contribution in [2.24, 2.45) is 0 Å². The van der Waals surface area contributed by atoms with E-state index in [1.165, 1.54) is 16.3 Å². The Balaban J connectivity index is 3.08. The van der Waals surface area contributed by atoms with Crippen molar-refractivity contribution in [3.63, 3.8) is 0 Å². The third-order valence-corrected chi connectivity index (χ3v) is 3.47. The summed E-state index contributed by atoms with van der Waals surface area (Å²) in [6, 6.07) is 4.93. The first-order valence-electron chi connectivity index (χ1n) is 3.79. The van der Waals surface area contributed by atoms with Crippen LogP contribution in [-0.4, -0.2) is 10.2 Å². The lowest BCUT2D eigenvalue weighted by atomic mass is 10.2. The fraction of sp³-hybridized carbons (Fsp3) is 0.250. The van der Waals surface area contributed by atoms with E-state index in [0.717, 1.165) is 12.0 Å². The van der Waals surface area contributed by atoms with E-state index in [2.05, 4.69) is 0 Å². The molecule has 0 bridgehead atoms. The van der Waals surface area contributed by atoms with E-state index < -0.39 is 0 Å². The second-order valence-corrected chi connectivity index (χ2v) is 4.75. The summed E-state index contributed by atoms with van der Waals surface area (Å²) in [5, 5.41) is 1.62. The van der Waals surface area contributed by atoms with Gasteiger partial charge in [0.05, 0.1) is 15.1 Å². The Kier molecular flexibility index (Phi) is 3.91. The number of aryl methyl sites for hydroxylation is 1. The molecule has 0 N–H and O–H groups in total. The highest BCUT2D eigenvalue weighted by Gasteiger charge is 2.06. The predicted octanol–water partition coefficient (Wildman–Crippen LogP) is 2.97. The van der Waals surface area contributed by atoms with Crippen LogP contribution in [0, 0.1) is 0 Å². The highest BCUT2D eigenvalue weighted by atomic mass is 35.5. The summed E-state index contributed by atoms with van der Waals surface area (Å²) in [6.07, 6.45) is 1.00. The van der Waals surface area contributed by atoms with Gasteiger partial charge in [-0.1, -0.05) is 46.9 Å². The standard InChI is InChI=1S/C8H9Cl3Si/c9-6-2-1-5(3-4-12)7(10)8(6)11/h1-2H,3-4H2,12H3. The molecule has 0 aliphatic heterocycles. The third kappa shape index (κ3) is 2.16. The molecular formula is C8H9Cl3Si. The maximum atomic E-state index is 5.98. The molecule has 0 aliphatic rings. The van der Waals surface area contributed by atoms with E-state index in [9.17, 15) is 0 Å². The van der Waals surface area contributed by atoms with Crippen LogP contribution in [-0.2, 0) is 6.42 Å². The largest absolute Gasteiger partial charge is 0.0827 e. The zero-order chi connectivity index (χ0) is 9.14. The summed E-state index contributed by atoms with van der Waals surface area (Å²) >= 11 is 17.6. The molecule has 0 saturated carbocycles. The molecule has 0 atom stereocenters. The van der Waals surface area contributed by atoms with Crippen molar-refractivity contribution in [2.45, 2.75) is 12.5 Å². The minimum Gasteiger partial charge on any atom is -0.0827 e. The second-order valence-electron chi connectivity index (χ2n) is 2.58. The van der Waals surface area contributed by atoms with Crippen LogP contribution in [0.25, 0.3) is 0 Å². The lowest BCUT2D eigenvalue weighted by molar-refractivity contribution is 1.13. The van der Waals surface area contributed by atoms with Crippen LogP contribution in [0.3, 0.4) is 0 Å². The fourth-order valence-electron chi connectivity index (χ4n) is 1.03. The summed E-state index contributed by atoms with van der Waals surface area (Å²) in [6.45, 7) is 0. The normalized spacial score (nSPS) is 10.6.